The monoisotopic (exact) mass is 600 g/mol. The lowest BCUT2D eigenvalue weighted by Crippen LogP contribution is -2.42. The van der Waals surface area contributed by atoms with Crippen molar-refractivity contribution in [1.29, 1.82) is 0 Å². The first-order valence-corrected chi connectivity index (χ1v) is 15.8. The maximum absolute atomic E-state index is 13.8. The van der Waals surface area contributed by atoms with Crippen molar-refractivity contribution < 1.29 is 14.3 Å². The Balaban J connectivity index is 1.12. The summed E-state index contributed by atoms with van der Waals surface area (Å²) in [5.41, 5.74) is 2.79. The van der Waals surface area contributed by atoms with E-state index in [1.165, 1.54) is 16.2 Å². The van der Waals surface area contributed by atoms with Gasteiger partial charge < -0.3 is 9.72 Å². The van der Waals surface area contributed by atoms with E-state index in [2.05, 4.69) is 17.1 Å². The summed E-state index contributed by atoms with van der Waals surface area (Å²) >= 11 is 8.98. The molecule has 0 unspecified atom stereocenters. The molecular weight excluding hydrogens is 576 g/mol. The molecule has 3 fully saturated rings. The summed E-state index contributed by atoms with van der Waals surface area (Å²) in [5.74, 6) is 0.356. The number of rotatable bonds is 5. The van der Waals surface area contributed by atoms with Crippen LogP contribution in [-0.2, 0) is 16.2 Å². The summed E-state index contributed by atoms with van der Waals surface area (Å²) in [4.78, 5) is 45.5. The van der Waals surface area contributed by atoms with E-state index in [4.69, 9.17) is 16.3 Å². The van der Waals surface area contributed by atoms with Crippen molar-refractivity contribution in [2.45, 2.75) is 29.2 Å². The summed E-state index contributed by atoms with van der Waals surface area (Å²) < 4.78 is 6.03. The molecule has 2 saturated carbocycles. The maximum Gasteiger partial charge on any atom is 0.305 e. The number of thiazole rings is 1. The highest BCUT2D eigenvalue weighted by Gasteiger charge is 2.69. The number of nitrogens with one attached hydrogen (secondary N) is 1. The van der Waals surface area contributed by atoms with E-state index in [0.29, 0.717) is 17.3 Å². The predicted molar refractivity (Wildman–Crippen MR) is 160 cm³/mol. The van der Waals surface area contributed by atoms with Crippen molar-refractivity contribution in [1.82, 2.24) is 4.98 Å². The normalized spacial score (nSPS) is 29.4. The quantitative estimate of drug-likeness (QED) is 0.270. The molecule has 41 heavy (non-hydrogen) atoms. The van der Waals surface area contributed by atoms with Crippen LogP contribution in [0.4, 0.5) is 5.69 Å². The first kappa shape index (κ1) is 25.4. The topological polar surface area (TPSA) is 79.5 Å². The zero-order valence-electron chi connectivity index (χ0n) is 21.7. The van der Waals surface area contributed by atoms with E-state index in [0.717, 1.165) is 33.2 Å². The Labute approximate surface area is 249 Å². The van der Waals surface area contributed by atoms with Gasteiger partial charge in [0.05, 0.1) is 22.5 Å². The number of carbonyl (C=O) groups excluding carboxylic acids is 2. The molecule has 1 saturated heterocycles. The smallest absolute Gasteiger partial charge is 0.305 e. The number of ether oxygens (including phenoxy) is 1. The summed E-state index contributed by atoms with van der Waals surface area (Å²) in [6, 6.07) is 25.0. The highest BCUT2D eigenvalue weighted by atomic mass is 35.5. The van der Waals surface area contributed by atoms with Gasteiger partial charge in [-0.25, -0.2) is 0 Å². The van der Waals surface area contributed by atoms with Crippen molar-refractivity contribution in [3.63, 3.8) is 0 Å². The van der Waals surface area contributed by atoms with Crippen LogP contribution < -0.4 is 14.5 Å². The number of hydrogen-bond acceptors (Lipinski definition) is 6. The van der Waals surface area contributed by atoms with Crippen molar-refractivity contribution in [2.24, 2.45) is 29.6 Å². The molecule has 2 aliphatic carbocycles. The summed E-state index contributed by atoms with van der Waals surface area (Å²) in [6.07, 6.45) is 0.871. The zero-order valence-corrected chi connectivity index (χ0v) is 24.1. The minimum Gasteiger partial charge on any atom is -0.489 e. The van der Waals surface area contributed by atoms with Crippen LogP contribution in [0.15, 0.2) is 88.7 Å². The molecule has 8 rings (SSSR count). The number of nitrogens with zero attached hydrogens (tertiary/aromatic N) is 1. The molecule has 0 spiro atoms. The Kier molecular flexibility index (Phi) is 5.95. The summed E-state index contributed by atoms with van der Waals surface area (Å²) in [6.45, 7) is 0.436. The number of para-hydroxylation sites is 1. The molecule has 4 aromatic rings. The van der Waals surface area contributed by atoms with Gasteiger partial charge in [0.15, 0.2) is 0 Å². The highest BCUT2D eigenvalue weighted by Crippen LogP contribution is 2.68. The lowest BCUT2D eigenvalue weighted by atomic mass is 9.68. The predicted octanol–water partition coefficient (Wildman–Crippen LogP) is 6.35. The molecule has 7 atom stereocenters. The largest absolute Gasteiger partial charge is 0.489 e. The van der Waals surface area contributed by atoms with Gasteiger partial charge in [0, 0.05) is 21.1 Å². The van der Waals surface area contributed by atoms with E-state index >= 15 is 0 Å². The van der Waals surface area contributed by atoms with Crippen molar-refractivity contribution in [3.8, 4) is 5.75 Å². The van der Waals surface area contributed by atoms with Gasteiger partial charge in [-0.2, -0.15) is 0 Å². The van der Waals surface area contributed by atoms with Gasteiger partial charge in [-0.1, -0.05) is 65.4 Å². The Morgan fingerprint density at radius 2 is 1.59 bits per heavy atom. The molecule has 2 bridgehead atoms. The number of anilines is 1. The number of thioether (sulfide) groups is 1. The van der Waals surface area contributed by atoms with Crippen molar-refractivity contribution in [3.05, 3.63) is 110 Å². The lowest BCUT2D eigenvalue weighted by molar-refractivity contribution is -0.123. The molecule has 2 aliphatic heterocycles. The Morgan fingerprint density at radius 3 is 2.32 bits per heavy atom. The molecule has 206 valence electrons. The average Bonchev–Trinajstić information content (AvgIpc) is 3.72. The fourth-order valence-corrected chi connectivity index (χ4v) is 10.8. The number of benzene rings is 3. The van der Waals surface area contributed by atoms with Crippen LogP contribution >= 0.6 is 34.7 Å². The standard InChI is InChI=1S/C32H25ClN2O4S2/c33-18-10-6-16(7-11-18)15-39-20-12-8-17(9-13-20)23-24-21-14-22(27(24)40-29-28(23)41-32(38)34-29)26-25(21)30(36)35(31(26)37)19-4-2-1-3-5-19/h1-13,21-27H,14-15H2,(H,34,38)/t21-,22-,23+,24+,25+,26+,27-/m1/s1. The van der Waals surface area contributed by atoms with Gasteiger partial charge in [-0.3, -0.25) is 19.3 Å². The van der Waals surface area contributed by atoms with Gasteiger partial charge in [0.25, 0.3) is 0 Å². The molecule has 1 aromatic heterocycles. The number of carbonyl (C=O) groups is 2. The third kappa shape index (κ3) is 3.95. The highest BCUT2D eigenvalue weighted by molar-refractivity contribution is 8.00. The number of imide groups is 1. The number of fused-ring (bicyclic) bond motifs is 9. The molecule has 2 amide bonds. The van der Waals surface area contributed by atoms with Crippen LogP contribution in [0.2, 0.25) is 5.02 Å². The lowest BCUT2D eigenvalue weighted by Gasteiger charge is -2.43. The van der Waals surface area contributed by atoms with Crippen LogP contribution in [-0.4, -0.2) is 22.0 Å². The number of aromatic amines is 1. The molecule has 3 aromatic carbocycles. The van der Waals surface area contributed by atoms with Crippen LogP contribution in [0.3, 0.4) is 0 Å². The molecule has 4 aliphatic rings. The maximum atomic E-state index is 13.8. The van der Waals surface area contributed by atoms with E-state index < -0.39 is 0 Å². The summed E-state index contributed by atoms with van der Waals surface area (Å²) in [7, 11) is 0. The number of hydrogen-bond donors (Lipinski definition) is 1. The molecule has 3 heterocycles. The second-order valence-corrected chi connectivity index (χ2v) is 13.9. The zero-order chi connectivity index (χ0) is 27.8. The van der Waals surface area contributed by atoms with Crippen LogP contribution in [0.25, 0.3) is 0 Å². The second kappa shape index (κ2) is 9.61. The SMILES string of the molecule is O=C1[C@H]2[C@H]3C[C@@H]([C@@H]2C(=O)N1c1ccccc1)[C@H]1[C@H](c2ccc(OCc4ccc(Cl)cc4)cc2)c2sc(=O)[nH]c2S[C@H]31. The van der Waals surface area contributed by atoms with Crippen LogP contribution in [0, 0.1) is 29.6 Å². The van der Waals surface area contributed by atoms with E-state index in [1.54, 1.807) is 11.8 Å². The number of aromatic nitrogens is 1. The number of halogens is 1. The molecule has 6 nitrogen and oxygen atoms in total. The Bertz CT molecular complexity index is 1720. The fourth-order valence-electron chi connectivity index (χ4n) is 7.74. The second-order valence-electron chi connectivity index (χ2n) is 11.3. The minimum absolute atomic E-state index is 0.0184. The van der Waals surface area contributed by atoms with Crippen LogP contribution in [0.1, 0.15) is 28.3 Å². The summed E-state index contributed by atoms with van der Waals surface area (Å²) in [5, 5.41) is 1.77. The Hall–Kier alpha value is -3.33. The molecule has 9 heteroatoms. The van der Waals surface area contributed by atoms with Gasteiger partial charge in [0.1, 0.15) is 12.4 Å². The van der Waals surface area contributed by atoms with Gasteiger partial charge >= 0.3 is 4.87 Å². The third-order valence-corrected chi connectivity index (χ3v) is 12.1. The molecular formula is C32H25ClN2O4S2. The third-order valence-electron chi connectivity index (χ3n) is 9.30. The van der Waals surface area contributed by atoms with Crippen molar-refractivity contribution in [2.75, 3.05) is 4.90 Å². The van der Waals surface area contributed by atoms with Crippen molar-refractivity contribution >= 4 is 52.2 Å². The van der Waals surface area contributed by atoms with E-state index in [-0.39, 0.29) is 57.4 Å². The average molecular weight is 601 g/mol. The van der Waals surface area contributed by atoms with Gasteiger partial charge in [-0.05, 0) is 71.7 Å². The van der Waals surface area contributed by atoms with Crippen LogP contribution in [0.5, 0.6) is 5.75 Å². The number of amides is 2. The van der Waals surface area contributed by atoms with Gasteiger partial charge in [-0.15, -0.1) is 11.8 Å². The Morgan fingerprint density at radius 1 is 0.878 bits per heavy atom. The van der Waals surface area contributed by atoms with E-state index in [1.807, 2.05) is 66.7 Å². The first-order chi connectivity index (χ1) is 20.0. The molecule has 0 radical (unpaired) electrons. The van der Waals surface area contributed by atoms with E-state index in [9.17, 15) is 14.4 Å². The fraction of sp³-hybridized carbons (Fsp3) is 0.281. The molecule has 1 N–H and O–H groups in total. The van der Waals surface area contributed by atoms with Gasteiger partial charge in [0.2, 0.25) is 11.8 Å². The minimum atomic E-state index is -0.309. The first-order valence-electron chi connectivity index (χ1n) is 13.8. The number of H-pyrrole nitrogens is 1.